The smallest absolute Gasteiger partial charge is 0.471 e. The first kappa shape index (κ1) is 27.3. The Kier molecular flexibility index (Phi) is 10.1. The second-order valence-corrected chi connectivity index (χ2v) is 11.1. The van der Waals surface area contributed by atoms with Crippen molar-refractivity contribution in [2.45, 2.75) is 90.0 Å². The van der Waals surface area contributed by atoms with Crippen LogP contribution in [-0.2, 0) is 11.2 Å². The first-order valence-corrected chi connectivity index (χ1v) is 13.4. The number of ether oxygens (including phenoxy) is 1. The lowest BCUT2D eigenvalue weighted by molar-refractivity contribution is -0.174. The average Bonchev–Trinajstić information content (AvgIpc) is 2.77. The highest BCUT2D eigenvalue weighted by atomic mass is 79.9. The minimum atomic E-state index is -4.78. The number of carbonyl (C=O) groups excluding carboxylic acids is 1. The van der Waals surface area contributed by atoms with Crippen molar-refractivity contribution in [3.05, 3.63) is 28.2 Å². The Balaban J connectivity index is 1.31. The highest BCUT2D eigenvalue weighted by Crippen LogP contribution is 2.31. The molecule has 1 aliphatic carbocycles. The zero-order valence-corrected chi connectivity index (χ0v) is 21.9. The second kappa shape index (κ2) is 12.6. The Labute approximate surface area is 210 Å². The predicted octanol–water partition coefficient (Wildman–Crippen LogP) is 6.51. The van der Waals surface area contributed by atoms with Crippen LogP contribution in [0.15, 0.2) is 22.7 Å². The van der Waals surface area contributed by atoms with Gasteiger partial charge in [0.25, 0.3) is 0 Å². The van der Waals surface area contributed by atoms with Crippen molar-refractivity contribution < 1.29 is 22.7 Å². The largest absolute Gasteiger partial charge is 0.491 e. The third-order valence-corrected chi connectivity index (χ3v) is 7.90. The molecular weight excluding hydrogens is 509 g/mol. The van der Waals surface area contributed by atoms with Crippen LogP contribution >= 0.6 is 15.9 Å². The zero-order valence-electron chi connectivity index (χ0n) is 20.3. The van der Waals surface area contributed by atoms with Crippen molar-refractivity contribution in [2.24, 2.45) is 11.8 Å². The Morgan fingerprint density at radius 2 is 1.79 bits per heavy atom. The van der Waals surface area contributed by atoms with Gasteiger partial charge in [-0.05, 0) is 127 Å². The molecule has 34 heavy (non-hydrogen) atoms. The standard InChI is InChI=1S/C26H38BrF3N2O2/c1-18(2)34-23-9-10-24(27)21(17-23)16-20-11-14-32(15-12-20)13-3-4-19-5-7-22(8-6-19)31-25(33)26(28,29)30/h9-10,17-20,22H,3-8,11-16H2,1-2H3,(H,31,33)/t19-,22-. The maximum Gasteiger partial charge on any atom is 0.471 e. The number of halogens is 4. The molecule has 0 radical (unpaired) electrons. The molecule has 1 amide bonds. The lowest BCUT2D eigenvalue weighted by Crippen LogP contribution is -2.44. The Hall–Kier alpha value is -1.28. The second-order valence-electron chi connectivity index (χ2n) is 10.2. The van der Waals surface area contributed by atoms with E-state index in [4.69, 9.17) is 4.74 Å². The van der Waals surface area contributed by atoms with E-state index in [0.29, 0.717) is 24.7 Å². The van der Waals surface area contributed by atoms with Gasteiger partial charge in [0.2, 0.25) is 0 Å². The molecule has 3 rings (SSSR count). The molecule has 4 nitrogen and oxygen atoms in total. The minimum Gasteiger partial charge on any atom is -0.491 e. The molecule has 0 atom stereocenters. The van der Waals surface area contributed by atoms with Gasteiger partial charge >= 0.3 is 12.1 Å². The van der Waals surface area contributed by atoms with Crippen molar-refractivity contribution in [3.8, 4) is 5.75 Å². The fraction of sp³-hybridized carbons (Fsp3) is 0.731. The van der Waals surface area contributed by atoms with Crippen LogP contribution in [0.5, 0.6) is 5.75 Å². The Bertz CT molecular complexity index is 787. The fourth-order valence-electron chi connectivity index (χ4n) is 5.24. The number of piperidine rings is 1. The molecule has 2 aliphatic rings. The number of amides is 1. The third kappa shape index (κ3) is 8.74. The number of hydrogen-bond acceptors (Lipinski definition) is 3. The summed E-state index contributed by atoms with van der Waals surface area (Å²) in [6.45, 7) is 7.43. The molecule has 192 valence electrons. The first-order valence-electron chi connectivity index (χ1n) is 12.6. The topological polar surface area (TPSA) is 41.6 Å². The van der Waals surface area contributed by atoms with Crippen molar-refractivity contribution in [1.82, 2.24) is 10.2 Å². The van der Waals surface area contributed by atoms with Crippen molar-refractivity contribution in [2.75, 3.05) is 19.6 Å². The number of alkyl halides is 3. The van der Waals surface area contributed by atoms with E-state index in [2.05, 4.69) is 38.3 Å². The summed E-state index contributed by atoms with van der Waals surface area (Å²) in [6, 6.07) is 5.93. The monoisotopic (exact) mass is 546 g/mol. The summed E-state index contributed by atoms with van der Waals surface area (Å²) >= 11 is 3.69. The molecule has 2 fully saturated rings. The van der Waals surface area contributed by atoms with Gasteiger partial charge in [-0.3, -0.25) is 4.79 Å². The number of carbonyl (C=O) groups is 1. The van der Waals surface area contributed by atoms with Crippen LogP contribution < -0.4 is 10.1 Å². The van der Waals surface area contributed by atoms with Gasteiger partial charge in [0.15, 0.2) is 0 Å². The van der Waals surface area contributed by atoms with Gasteiger partial charge in [-0.2, -0.15) is 13.2 Å². The number of benzene rings is 1. The summed E-state index contributed by atoms with van der Waals surface area (Å²) < 4.78 is 44.2. The van der Waals surface area contributed by atoms with Gasteiger partial charge in [-0.25, -0.2) is 0 Å². The number of nitrogens with one attached hydrogen (secondary N) is 1. The van der Waals surface area contributed by atoms with Crippen molar-refractivity contribution >= 4 is 21.8 Å². The first-order chi connectivity index (χ1) is 16.1. The van der Waals surface area contributed by atoms with E-state index in [1.807, 2.05) is 19.9 Å². The molecule has 1 aromatic carbocycles. The summed E-state index contributed by atoms with van der Waals surface area (Å²) in [5.74, 6) is 0.379. The van der Waals surface area contributed by atoms with Gasteiger partial charge in [-0.15, -0.1) is 0 Å². The summed E-state index contributed by atoms with van der Waals surface area (Å²) in [6.07, 6.45) is 4.21. The SMILES string of the molecule is CC(C)Oc1ccc(Br)c(CC2CCN(CCC[C@H]3CC[C@H](NC(=O)C(F)(F)F)CC3)CC2)c1. The summed E-state index contributed by atoms with van der Waals surface area (Å²) in [5.41, 5.74) is 1.32. The molecule has 1 heterocycles. The molecule has 8 heteroatoms. The van der Waals surface area contributed by atoms with Crippen LogP contribution in [0.4, 0.5) is 13.2 Å². The quantitative estimate of drug-likeness (QED) is 0.384. The molecule has 0 spiro atoms. The van der Waals surface area contributed by atoms with E-state index in [9.17, 15) is 18.0 Å². The van der Waals surface area contributed by atoms with E-state index >= 15 is 0 Å². The van der Waals surface area contributed by atoms with E-state index in [0.717, 1.165) is 62.0 Å². The molecule has 0 unspecified atom stereocenters. The summed E-state index contributed by atoms with van der Waals surface area (Å²) in [7, 11) is 0. The predicted molar refractivity (Wildman–Crippen MR) is 132 cm³/mol. The zero-order chi connectivity index (χ0) is 24.7. The normalized spacial score (nSPS) is 22.7. The van der Waals surface area contributed by atoms with Crippen LogP contribution in [0.3, 0.4) is 0 Å². The van der Waals surface area contributed by atoms with Crippen molar-refractivity contribution in [1.29, 1.82) is 0 Å². The Morgan fingerprint density at radius 3 is 2.41 bits per heavy atom. The van der Waals surface area contributed by atoms with Crippen molar-refractivity contribution in [3.63, 3.8) is 0 Å². The van der Waals surface area contributed by atoms with Crippen LogP contribution in [0.25, 0.3) is 0 Å². The van der Waals surface area contributed by atoms with Gasteiger partial charge < -0.3 is 15.0 Å². The maximum atomic E-state index is 12.4. The summed E-state index contributed by atoms with van der Waals surface area (Å²) in [5, 5.41) is 2.14. The number of nitrogens with zero attached hydrogens (tertiary/aromatic N) is 1. The van der Waals surface area contributed by atoms with Crippen LogP contribution in [0.2, 0.25) is 0 Å². The maximum absolute atomic E-state index is 12.4. The van der Waals surface area contributed by atoms with Crippen LogP contribution in [0, 0.1) is 11.8 Å². The molecule has 1 saturated heterocycles. The van der Waals surface area contributed by atoms with E-state index in [1.54, 1.807) is 0 Å². The highest BCUT2D eigenvalue weighted by molar-refractivity contribution is 9.10. The number of likely N-dealkylation sites (tertiary alicyclic amines) is 1. The molecule has 1 aliphatic heterocycles. The average molecular weight is 548 g/mol. The lowest BCUT2D eigenvalue weighted by atomic mass is 9.83. The van der Waals surface area contributed by atoms with Crippen LogP contribution in [0.1, 0.15) is 70.8 Å². The van der Waals surface area contributed by atoms with Gasteiger partial charge in [-0.1, -0.05) is 15.9 Å². The molecule has 1 saturated carbocycles. The van der Waals surface area contributed by atoms with Gasteiger partial charge in [0.1, 0.15) is 5.75 Å². The molecule has 0 bridgehead atoms. The molecule has 1 N–H and O–H groups in total. The van der Waals surface area contributed by atoms with Crippen LogP contribution in [-0.4, -0.2) is 48.8 Å². The Morgan fingerprint density at radius 1 is 1.12 bits per heavy atom. The highest BCUT2D eigenvalue weighted by Gasteiger charge is 2.40. The van der Waals surface area contributed by atoms with Gasteiger partial charge in [0, 0.05) is 10.5 Å². The fourth-order valence-corrected chi connectivity index (χ4v) is 5.65. The third-order valence-electron chi connectivity index (χ3n) is 7.13. The molecular formula is C26H38BrF3N2O2. The molecule has 1 aromatic rings. The van der Waals surface area contributed by atoms with E-state index in [-0.39, 0.29) is 12.1 Å². The number of hydrogen-bond donors (Lipinski definition) is 1. The summed E-state index contributed by atoms with van der Waals surface area (Å²) in [4.78, 5) is 13.7. The van der Waals surface area contributed by atoms with Gasteiger partial charge in [0.05, 0.1) is 6.10 Å². The van der Waals surface area contributed by atoms with E-state index < -0.39 is 12.1 Å². The lowest BCUT2D eigenvalue weighted by Gasteiger charge is -2.33. The number of rotatable bonds is 9. The van der Waals surface area contributed by atoms with E-state index in [1.165, 1.54) is 18.4 Å². The minimum absolute atomic E-state index is 0.169. The molecule has 0 aromatic heterocycles.